The Balaban J connectivity index is 2.06. The van der Waals surface area contributed by atoms with E-state index in [0.717, 1.165) is 17.0 Å². The van der Waals surface area contributed by atoms with E-state index in [0.29, 0.717) is 12.1 Å². The molecule has 2 rings (SSSR count). The first-order valence-electron chi connectivity index (χ1n) is 6.67. The van der Waals surface area contributed by atoms with Gasteiger partial charge < -0.3 is 10.1 Å². The second-order valence-electron chi connectivity index (χ2n) is 4.82. The third-order valence-corrected chi connectivity index (χ3v) is 2.80. The Hall–Kier alpha value is -2.47. The van der Waals surface area contributed by atoms with E-state index in [2.05, 4.69) is 11.4 Å². The zero-order valence-corrected chi connectivity index (χ0v) is 11.8. The van der Waals surface area contributed by atoms with E-state index in [1.165, 1.54) is 0 Å². The van der Waals surface area contributed by atoms with Crippen molar-refractivity contribution in [2.45, 2.75) is 26.5 Å². The van der Waals surface area contributed by atoms with Gasteiger partial charge in [0, 0.05) is 6.54 Å². The van der Waals surface area contributed by atoms with Gasteiger partial charge in [-0.1, -0.05) is 24.3 Å². The molecule has 0 aliphatic heterocycles. The van der Waals surface area contributed by atoms with Crippen molar-refractivity contribution in [1.82, 2.24) is 0 Å². The van der Waals surface area contributed by atoms with E-state index in [4.69, 9.17) is 10.00 Å². The van der Waals surface area contributed by atoms with Crippen LogP contribution in [0.3, 0.4) is 0 Å². The molecule has 20 heavy (non-hydrogen) atoms. The summed E-state index contributed by atoms with van der Waals surface area (Å²) in [5.74, 6) is 0.868. The highest BCUT2D eigenvalue weighted by atomic mass is 16.5. The van der Waals surface area contributed by atoms with Gasteiger partial charge in [0.25, 0.3) is 0 Å². The number of nitriles is 1. The smallest absolute Gasteiger partial charge is 0.120 e. The summed E-state index contributed by atoms with van der Waals surface area (Å²) in [4.78, 5) is 0. The number of anilines is 1. The van der Waals surface area contributed by atoms with Gasteiger partial charge in [-0.2, -0.15) is 5.26 Å². The molecular formula is C17H18N2O. The number of benzene rings is 2. The fraction of sp³-hybridized carbons (Fsp3) is 0.235. The van der Waals surface area contributed by atoms with Gasteiger partial charge in [0.2, 0.25) is 0 Å². The van der Waals surface area contributed by atoms with Gasteiger partial charge in [-0.05, 0) is 43.7 Å². The lowest BCUT2D eigenvalue weighted by Crippen LogP contribution is -2.06. The molecule has 0 aliphatic rings. The Morgan fingerprint density at radius 1 is 1.15 bits per heavy atom. The number of ether oxygens (including phenoxy) is 1. The first kappa shape index (κ1) is 14.0. The molecule has 0 spiro atoms. The predicted molar refractivity (Wildman–Crippen MR) is 80.7 cm³/mol. The average Bonchev–Trinajstić information content (AvgIpc) is 2.45. The Kier molecular flexibility index (Phi) is 4.62. The van der Waals surface area contributed by atoms with Crippen molar-refractivity contribution in [2.24, 2.45) is 0 Å². The quantitative estimate of drug-likeness (QED) is 0.891. The molecule has 102 valence electrons. The Labute approximate surface area is 119 Å². The fourth-order valence-electron chi connectivity index (χ4n) is 1.93. The lowest BCUT2D eigenvalue weighted by molar-refractivity contribution is 0.242. The molecule has 0 saturated carbocycles. The van der Waals surface area contributed by atoms with Crippen molar-refractivity contribution in [3.63, 3.8) is 0 Å². The van der Waals surface area contributed by atoms with Crippen LogP contribution in [-0.4, -0.2) is 6.10 Å². The average molecular weight is 266 g/mol. The molecule has 0 aliphatic carbocycles. The molecule has 0 fully saturated rings. The maximum absolute atomic E-state index is 9.05. The highest BCUT2D eigenvalue weighted by Crippen LogP contribution is 2.18. The van der Waals surface area contributed by atoms with Gasteiger partial charge in [-0.25, -0.2) is 0 Å². The summed E-state index contributed by atoms with van der Waals surface area (Å²) in [5, 5.41) is 12.3. The van der Waals surface area contributed by atoms with Crippen molar-refractivity contribution >= 4 is 5.69 Å². The highest BCUT2D eigenvalue weighted by Gasteiger charge is 2.02. The van der Waals surface area contributed by atoms with E-state index in [1.54, 1.807) is 6.07 Å². The van der Waals surface area contributed by atoms with Crippen molar-refractivity contribution < 1.29 is 4.74 Å². The largest absolute Gasteiger partial charge is 0.491 e. The number of nitrogens with one attached hydrogen (secondary N) is 1. The topological polar surface area (TPSA) is 45.0 Å². The van der Waals surface area contributed by atoms with Crippen LogP contribution in [0.4, 0.5) is 5.69 Å². The minimum absolute atomic E-state index is 0.164. The predicted octanol–water partition coefficient (Wildman–Crippen LogP) is 3.96. The maximum Gasteiger partial charge on any atom is 0.120 e. The van der Waals surface area contributed by atoms with Gasteiger partial charge in [-0.3, -0.25) is 0 Å². The van der Waals surface area contributed by atoms with Crippen molar-refractivity contribution in [3.8, 4) is 11.8 Å². The first-order valence-corrected chi connectivity index (χ1v) is 6.67. The van der Waals surface area contributed by atoms with Crippen LogP contribution in [-0.2, 0) is 6.54 Å². The van der Waals surface area contributed by atoms with Crippen LogP contribution in [0.15, 0.2) is 48.5 Å². The van der Waals surface area contributed by atoms with E-state index >= 15 is 0 Å². The minimum atomic E-state index is 0.164. The number of hydrogen-bond acceptors (Lipinski definition) is 3. The van der Waals surface area contributed by atoms with Crippen LogP contribution in [0, 0.1) is 11.3 Å². The third-order valence-electron chi connectivity index (χ3n) is 2.80. The Morgan fingerprint density at radius 2 is 1.95 bits per heavy atom. The Morgan fingerprint density at radius 3 is 2.70 bits per heavy atom. The number of rotatable bonds is 5. The summed E-state index contributed by atoms with van der Waals surface area (Å²) in [7, 11) is 0. The molecule has 0 atom stereocenters. The fourth-order valence-corrected chi connectivity index (χ4v) is 1.93. The van der Waals surface area contributed by atoms with E-state index in [9.17, 15) is 0 Å². The SMILES string of the molecule is CC(C)Oc1cccc(CNc2ccccc2C#N)c1. The van der Waals surface area contributed by atoms with Crippen molar-refractivity contribution in [3.05, 3.63) is 59.7 Å². The van der Waals surface area contributed by atoms with Crippen LogP contribution in [0.1, 0.15) is 25.0 Å². The van der Waals surface area contributed by atoms with Crippen LogP contribution < -0.4 is 10.1 Å². The molecule has 0 radical (unpaired) electrons. The van der Waals surface area contributed by atoms with Crippen LogP contribution in [0.25, 0.3) is 0 Å². The van der Waals surface area contributed by atoms with Crippen LogP contribution in [0.5, 0.6) is 5.75 Å². The molecule has 3 nitrogen and oxygen atoms in total. The van der Waals surface area contributed by atoms with Gasteiger partial charge in [-0.15, -0.1) is 0 Å². The second-order valence-corrected chi connectivity index (χ2v) is 4.82. The zero-order chi connectivity index (χ0) is 14.4. The van der Waals surface area contributed by atoms with Crippen LogP contribution in [0.2, 0.25) is 0 Å². The molecule has 0 aromatic heterocycles. The summed E-state index contributed by atoms with van der Waals surface area (Å²) in [6.45, 7) is 4.68. The van der Waals surface area contributed by atoms with E-state index in [-0.39, 0.29) is 6.10 Å². The van der Waals surface area contributed by atoms with E-state index in [1.807, 2.05) is 56.3 Å². The second kappa shape index (κ2) is 6.63. The number of hydrogen-bond donors (Lipinski definition) is 1. The normalized spacial score (nSPS) is 10.1. The lowest BCUT2D eigenvalue weighted by atomic mass is 10.1. The molecule has 3 heteroatoms. The van der Waals surface area contributed by atoms with Gasteiger partial charge in [0.1, 0.15) is 11.8 Å². The molecule has 0 amide bonds. The molecular weight excluding hydrogens is 248 g/mol. The van der Waals surface area contributed by atoms with Crippen molar-refractivity contribution in [1.29, 1.82) is 5.26 Å². The summed E-state index contributed by atoms with van der Waals surface area (Å²) in [5.41, 5.74) is 2.63. The summed E-state index contributed by atoms with van der Waals surface area (Å²) in [6, 6.07) is 17.7. The molecule has 1 N–H and O–H groups in total. The van der Waals surface area contributed by atoms with Gasteiger partial charge in [0.15, 0.2) is 0 Å². The summed E-state index contributed by atoms with van der Waals surface area (Å²) in [6.07, 6.45) is 0.164. The van der Waals surface area contributed by atoms with Crippen molar-refractivity contribution in [2.75, 3.05) is 5.32 Å². The molecule has 2 aromatic rings. The standard InChI is InChI=1S/C17H18N2O/c1-13(2)20-16-8-5-6-14(10-16)12-19-17-9-4-3-7-15(17)11-18/h3-10,13,19H,12H2,1-2H3. The minimum Gasteiger partial charge on any atom is -0.491 e. The molecule has 0 saturated heterocycles. The molecule has 0 unspecified atom stereocenters. The molecule has 0 bridgehead atoms. The maximum atomic E-state index is 9.05. The number of nitrogens with zero attached hydrogens (tertiary/aromatic N) is 1. The summed E-state index contributed by atoms with van der Waals surface area (Å²) >= 11 is 0. The zero-order valence-electron chi connectivity index (χ0n) is 11.8. The van der Waals surface area contributed by atoms with E-state index < -0.39 is 0 Å². The third kappa shape index (κ3) is 3.76. The lowest BCUT2D eigenvalue weighted by Gasteiger charge is -2.12. The monoisotopic (exact) mass is 266 g/mol. The highest BCUT2D eigenvalue weighted by molar-refractivity contribution is 5.57. The van der Waals surface area contributed by atoms with Gasteiger partial charge in [0.05, 0.1) is 17.4 Å². The van der Waals surface area contributed by atoms with Gasteiger partial charge >= 0.3 is 0 Å². The molecule has 2 aromatic carbocycles. The Bertz CT molecular complexity index is 614. The summed E-state index contributed by atoms with van der Waals surface area (Å²) < 4.78 is 5.67. The molecule has 0 heterocycles. The number of para-hydroxylation sites is 1. The first-order chi connectivity index (χ1) is 9.69. The van der Waals surface area contributed by atoms with Crippen LogP contribution >= 0.6 is 0 Å².